The van der Waals surface area contributed by atoms with Crippen LogP contribution in [0.1, 0.15) is 16.8 Å². The molecular weight excluding hydrogens is 266 g/mol. The fraction of sp³-hybridized carbons (Fsp3) is 0.250. The first-order valence-electron chi connectivity index (χ1n) is 5.85. The summed E-state index contributed by atoms with van der Waals surface area (Å²) in [4.78, 5) is 11.9. The molecule has 3 N–H and O–H groups in total. The molecule has 6 nitrogen and oxygen atoms in total. The number of nitrogens with one attached hydrogen (secondary N) is 1. The van der Waals surface area contributed by atoms with Crippen LogP contribution in [0.2, 0.25) is 5.02 Å². The second kappa shape index (κ2) is 6.19. The maximum absolute atomic E-state index is 11.9. The fourth-order valence-corrected chi connectivity index (χ4v) is 1.93. The van der Waals surface area contributed by atoms with Gasteiger partial charge in [0.2, 0.25) is 0 Å². The first kappa shape index (κ1) is 13.4. The van der Waals surface area contributed by atoms with E-state index in [1.165, 1.54) is 0 Å². The second-order valence-electron chi connectivity index (χ2n) is 3.98. The van der Waals surface area contributed by atoms with E-state index in [2.05, 4.69) is 15.6 Å². The summed E-state index contributed by atoms with van der Waals surface area (Å²) >= 11 is 5.96. The minimum Gasteiger partial charge on any atom is -0.398 e. The number of nitrogen functional groups attached to an aromatic ring is 1. The van der Waals surface area contributed by atoms with Crippen LogP contribution in [0.3, 0.4) is 0 Å². The molecule has 0 bridgehead atoms. The molecule has 100 valence electrons. The first-order valence-corrected chi connectivity index (χ1v) is 6.22. The summed E-state index contributed by atoms with van der Waals surface area (Å²) < 4.78 is 1.70. The van der Waals surface area contributed by atoms with Gasteiger partial charge in [0.1, 0.15) is 0 Å². The molecule has 0 saturated heterocycles. The van der Waals surface area contributed by atoms with Gasteiger partial charge in [0.25, 0.3) is 5.91 Å². The number of anilines is 1. The van der Waals surface area contributed by atoms with Crippen LogP contribution in [0.5, 0.6) is 0 Å². The van der Waals surface area contributed by atoms with Gasteiger partial charge < -0.3 is 11.1 Å². The minimum atomic E-state index is -0.262. The van der Waals surface area contributed by atoms with Crippen LogP contribution in [-0.4, -0.2) is 27.4 Å². The molecule has 0 saturated carbocycles. The molecule has 1 aromatic heterocycles. The summed E-state index contributed by atoms with van der Waals surface area (Å²) in [6, 6.07) is 5.00. The Balaban J connectivity index is 1.84. The molecule has 0 fully saturated rings. The Morgan fingerprint density at radius 3 is 3.00 bits per heavy atom. The van der Waals surface area contributed by atoms with E-state index in [4.69, 9.17) is 17.3 Å². The van der Waals surface area contributed by atoms with Crippen LogP contribution in [0.4, 0.5) is 5.69 Å². The summed E-state index contributed by atoms with van der Waals surface area (Å²) in [6.07, 6.45) is 4.14. The Labute approximate surface area is 115 Å². The van der Waals surface area contributed by atoms with E-state index in [1.807, 2.05) is 0 Å². The third kappa shape index (κ3) is 3.45. The number of rotatable bonds is 5. The van der Waals surface area contributed by atoms with Crippen molar-refractivity contribution in [2.75, 3.05) is 12.3 Å². The van der Waals surface area contributed by atoms with E-state index >= 15 is 0 Å². The van der Waals surface area contributed by atoms with Crippen molar-refractivity contribution >= 4 is 23.2 Å². The Morgan fingerprint density at radius 2 is 2.32 bits per heavy atom. The Hall–Kier alpha value is -2.08. The summed E-state index contributed by atoms with van der Waals surface area (Å²) in [7, 11) is 0. The number of aryl methyl sites for hydroxylation is 1. The predicted octanol–water partition coefficient (Wildman–Crippen LogP) is 1.33. The quantitative estimate of drug-likeness (QED) is 0.639. The Kier molecular flexibility index (Phi) is 4.35. The van der Waals surface area contributed by atoms with Gasteiger partial charge in [0, 0.05) is 25.0 Å². The fourth-order valence-electron chi connectivity index (χ4n) is 1.66. The zero-order valence-electron chi connectivity index (χ0n) is 10.2. The lowest BCUT2D eigenvalue weighted by Crippen LogP contribution is -2.26. The molecular formula is C12H14ClN5O. The largest absolute Gasteiger partial charge is 0.398 e. The SMILES string of the molecule is Nc1cccc(Cl)c1C(=O)NCCCn1ccnn1. The second-order valence-corrected chi connectivity index (χ2v) is 4.39. The normalized spacial score (nSPS) is 10.4. The molecule has 0 radical (unpaired) electrons. The van der Waals surface area contributed by atoms with Gasteiger partial charge in [-0.05, 0) is 18.6 Å². The summed E-state index contributed by atoms with van der Waals surface area (Å²) in [5.74, 6) is -0.262. The lowest BCUT2D eigenvalue weighted by Gasteiger charge is -2.09. The maximum atomic E-state index is 11.9. The molecule has 19 heavy (non-hydrogen) atoms. The predicted molar refractivity (Wildman–Crippen MR) is 72.8 cm³/mol. The number of hydrogen-bond donors (Lipinski definition) is 2. The topological polar surface area (TPSA) is 85.8 Å². The van der Waals surface area contributed by atoms with Gasteiger partial charge >= 0.3 is 0 Å². The van der Waals surface area contributed by atoms with E-state index in [9.17, 15) is 4.79 Å². The van der Waals surface area contributed by atoms with Gasteiger partial charge in [0.05, 0.1) is 16.8 Å². The number of hydrogen-bond acceptors (Lipinski definition) is 4. The van der Waals surface area contributed by atoms with Crippen LogP contribution in [0, 0.1) is 0 Å². The number of aromatic nitrogens is 3. The van der Waals surface area contributed by atoms with Crippen molar-refractivity contribution in [2.45, 2.75) is 13.0 Å². The van der Waals surface area contributed by atoms with Gasteiger partial charge in [-0.25, -0.2) is 0 Å². The number of carbonyl (C=O) groups is 1. The van der Waals surface area contributed by atoms with Crippen LogP contribution >= 0.6 is 11.6 Å². The molecule has 1 amide bonds. The van der Waals surface area contributed by atoms with Gasteiger partial charge in [-0.3, -0.25) is 9.48 Å². The average Bonchev–Trinajstić information content (AvgIpc) is 2.87. The van der Waals surface area contributed by atoms with Gasteiger partial charge in [-0.1, -0.05) is 22.9 Å². The van der Waals surface area contributed by atoms with E-state index in [0.717, 1.165) is 6.42 Å². The molecule has 7 heteroatoms. The van der Waals surface area contributed by atoms with Crippen molar-refractivity contribution in [3.05, 3.63) is 41.2 Å². The number of benzene rings is 1. The third-order valence-corrected chi connectivity index (χ3v) is 2.91. The zero-order chi connectivity index (χ0) is 13.7. The van der Waals surface area contributed by atoms with Gasteiger partial charge in [-0.15, -0.1) is 5.10 Å². The molecule has 1 heterocycles. The first-order chi connectivity index (χ1) is 9.18. The highest BCUT2D eigenvalue weighted by molar-refractivity contribution is 6.34. The molecule has 2 rings (SSSR count). The van der Waals surface area contributed by atoms with E-state index in [-0.39, 0.29) is 5.91 Å². The maximum Gasteiger partial charge on any atom is 0.254 e. The number of nitrogens with two attached hydrogens (primary N) is 1. The Morgan fingerprint density at radius 1 is 1.47 bits per heavy atom. The lowest BCUT2D eigenvalue weighted by atomic mass is 10.1. The smallest absolute Gasteiger partial charge is 0.254 e. The Bertz CT molecular complexity index is 535. The average molecular weight is 280 g/mol. The highest BCUT2D eigenvalue weighted by Crippen LogP contribution is 2.21. The van der Waals surface area contributed by atoms with Crippen molar-refractivity contribution in [3.8, 4) is 0 Å². The van der Waals surface area contributed by atoms with Gasteiger partial charge in [-0.2, -0.15) is 0 Å². The van der Waals surface area contributed by atoms with E-state index in [0.29, 0.717) is 29.4 Å². The molecule has 0 aliphatic carbocycles. The minimum absolute atomic E-state index is 0.262. The summed E-state index contributed by atoms with van der Waals surface area (Å²) in [5.41, 5.74) is 6.44. The number of carbonyl (C=O) groups excluding carboxylic acids is 1. The van der Waals surface area contributed by atoms with Crippen LogP contribution in [0.25, 0.3) is 0 Å². The lowest BCUT2D eigenvalue weighted by molar-refractivity contribution is 0.0953. The van der Waals surface area contributed by atoms with E-state index in [1.54, 1.807) is 35.3 Å². The monoisotopic (exact) mass is 279 g/mol. The highest BCUT2D eigenvalue weighted by atomic mass is 35.5. The highest BCUT2D eigenvalue weighted by Gasteiger charge is 2.12. The van der Waals surface area contributed by atoms with Crippen LogP contribution in [0.15, 0.2) is 30.6 Å². The van der Waals surface area contributed by atoms with Crippen molar-refractivity contribution < 1.29 is 4.79 Å². The van der Waals surface area contributed by atoms with Crippen molar-refractivity contribution in [2.24, 2.45) is 0 Å². The van der Waals surface area contributed by atoms with Crippen molar-refractivity contribution in [1.29, 1.82) is 0 Å². The number of halogens is 1. The summed E-state index contributed by atoms with van der Waals surface area (Å²) in [5, 5.41) is 10.7. The van der Waals surface area contributed by atoms with Crippen LogP contribution in [-0.2, 0) is 6.54 Å². The molecule has 0 unspecified atom stereocenters. The molecule has 1 aromatic carbocycles. The molecule has 2 aromatic rings. The third-order valence-electron chi connectivity index (χ3n) is 2.59. The van der Waals surface area contributed by atoms with E-state index < -0.39 is 0 Å². The number of nitrogens with zero attached hydrogens (tertiary/aromatic N) is 3. The standard InChI is InChI=1S/C12H14ClN5O/c13-9-3-1-4-10(14)11(9)12(19)15-5-2-7-18-8-6-16-17-18/h1,3-4,6,8H,2,5,7,14H2,(H,15,19). The molecule has 0 atom stereocenters. The zero-order valence-corrected chi connectivity index (χ0v) is 11.0. The molecule has 0 aliphatic rings. The number of amides is 1. The van der Waals surface area contributed by atoms with Crippen molar-refractivity contribution in [3.63, 3.8) is 0 Å². The molecule has 0 aliphatic heterocycles. The van der Waals surface area contributed by atoms with Gasteiger partial charge in [0.15, 0.2) is 0 Å². The van der Waals surface area contributed by atoms with Crippen LogP contribution < -0.4 is 11.1 Å². The molecule has 0 spiro atoms. The van der Waals surface area contributed by atoms with Crippen molar-refractivity contribution in [1.82, 2.24) is 20.3 Å². The summed E-state index contributed by atoms with van der Waals surface area (Å²) in [6.45, 7) is 1.21.